The molecule has 0 aromatic carbocycles. The van der Waals surface area contributed by atoms with Crippen molar-refractivity contribution in [2.75, 3.05) is 31.1 Å². The molecule has 22 heavy (non-hydrogen) atoms. The van der Waals surface area contributed by atoms with Crippen molar-refractivity contribution in [2.45, 2.75) is 11.9 Å². The topological polar surface area (TPSA) is 71.3 Å². The number of imidazole rings is 1. The number of hydrogen-bond acceptors (Lipinski definition) is 5. The van der Waals surface area contributed by atoms with Gasteiger partial charge in [0.25, 0.3) is 10.0 Å². The van der Waals surface area contributed by atoms with Gasteiger partial charge in [0.1, 0.15) is 11.6 Å². The molecule has 0 aliphatic carbocycles. The Labute approximate surface area is 130 Å². The Balaban J connectivity index is 1.73. The quantitative estimate of drug-likeness (QED) is 0.829. The van der Waals surface area contributed by atoms with E-state index in [4.69, 9.17) is 0 Å². The Morgan fingerprint density at radius 1 is 1.14 bits per heavy atom. The van der Waals surface area contributed by atoms with Crippen LogP contribution in [0.3, 0.4) is 0 Å². The Hall–Kier alpha value is -1.93. The van der Waals surface area contributed by atoms with E-state index in [1.165, 1.54) is 4.31 Å². The highest BCUT2D eigenvalue weighted by Crippen LogP contribution is 2.19. The number of sulfonamides is 1. The maximum atomic E-state index is 12.6. The van der Waals surface area contributed by atoms with Crippen LogP contribution in [0.25, 0.3) is 0 Å². The van der Waals surface area contributed by atoms with Gasteiger partial charge in [-0.3, -0.25) is 0 Å². The van der Waals surface area contributed by atoms with E-state index in [-0.39, 0.29) is 5.03 Å². The number of piperazine rings is 1. The van der Waals surface area contributed by atoms with Gasteiger partial charge in [-0.05, 0) is 19.1 Å². The van der Waals surface area contributed by atoms with Gasteiger partial charge in [0.15, 0.2) is 5.03 Å². The third-order valence-electron chi connectivity index (χ3n) is 3.90. The van der Waals surface area contributed by atoms with E-state index in [1.54, 1.807) is 30.9 Å². The van der Waals surface area contributed by atoms with Crippen molar-refractivity contribution in [1.82, 2.24) is 18.8 Å². The highest BCUT2D eigenvalue weighted by Gasteiger charge is 2.30. The second kappa shape index (κ2) is 5.69. The average molecular weight is 321 g/mol. The molecule has 0 saturated carbocycles. The Morgan fingerprint density at radius 2 is 1.86 bits per heavy atom. The molecule has 3 rings (SSSR count). The lowest BCUT2D eigenvalue weighted by molar-refractivity contribution is 0.382. The first-order valence-electron chi connectivity index (χ1n) is 7.14. The van der Waals surface area contributed by atoms with Crippen molar-refractivity contribution in [2.24, 2.45) is 7.05 Å². The minimum absolute atomic E-state index is 0.124. The van der Waals surface area contributed by atoms with Crippen LogP contribution < -0.4 is 4.90 Å². The van der Waals surface area contributed by atoms with E-state index >= 15 is 0 Å². The van der Waals surface area contributed by atoms with Gasteiger partial charge in [-0.25, -0.2) is 18.4 Å². The predicted molar refractivity (Wildman–Crippen MR) is 83.2 cm³/mol. The van der Waals surface area contributed by atoms with Gasteiger partial charge in [-0.2, -0.15) is 4.31 Å². The minimum Gasteiger partial charge on any atom is -0.354 e. The predicted octanol–water partition coefficient (Wildman–Crippen LogP) is 0.634. The summed E-state index contributed by atoms with van der Waals surface area (Å²) in [5.41, 5.74) is 0. The van der Waals surface area contributed by atoms with Crippen molar-refractivity contribution in [3.8, 4) is 0 Å². The molecule has 1 aliphatic heterocycles. The van der Waals surface area contributed by atoms with Crippen LogP contribution in [0.2, 0.25) is 0 Å². The summed E-state index contributed by atoms with van der Waals surface area (Å²) in [6, 6.07) is 5.74. The lowest BCUT2D eigenvalue weighted by atomic mass is 10.3. The van der Waals surface area contributed by atoms with Gasteiger partial charge in [-0.1, -0.05) is 6.07 Å². The molecular formula is C14H19N5O2S. The highest BCUT2D eigenvalue weighted by molar-refractivity contribution is 7.89. The highest BCUT2D eigenvalue weighted by atomic mass is 32.2. The summed E-state index contributed by atoms with van der Waals surface area (Å²) in [4.78, 5) is 10.5. The van der Waals surface area contributed by atoms with E-state index in [1.807, 2.05) is 18.2 Å². The van der Waals surface area contributed by atoms with Crippen LogP contribution in [-0.2, 0) is 17.1 Å². The number of pyridine rings is 1. The summed E-state index contributed by atoms with van der Waals surface area (Å²) in [5, 5.41) is 0.124. The van der Waals surface area contributed by atoms with Crippen molar-refractivity contribution in [3.63, 3.8) is 0 Å². The van der Waals surface area contributed by atoms with Crippen LogP contribution in [-0.4, -0.2) is 53.4 Å². The summed E-state index contributed by atoms with van der Waals surface area (Å²) in [6.07, 6.45) is 3.31. The van der Waals surface area contributed by atoms with E-state index in [9.17, 15) is 8.42 Å². The zero-order valence-electron chi connectivity index (χ0n) is 12.7. The van der Waals surface area contributed by atoms with Crippen LogP contribution in [0.4, 0.5) is 5.82 Å². The fourth-order valence-electron chi connectivity index (χ4n) is 2.48. The zero-order chi connectivity index (χ0) is 15.7. The zero-order valence-corrected chi connectivity index (χ0v) is 13.5. The van der Waals surface area contributed by atoms with Crippen LogP contribution in [0.15, 0.2) is 35.6 Å². The molecule has 0 bridgehead atoms. The normalized spacial score (nSPS) is 16.9. The molecule has 0 N–H and O–H groups in total. The summed E-state index contributed by atoms with van der Waals surface area (Å²) < 4.78 is 28.4. The molecule has 1 saturated heterocycles. The molecule has 0 atom stereocenters. The maximum absolute atomic E-state index is 12.6. The second-order valence-corrected chi connectivity index (χ2v) is 7.20. The fraction of sp³-hybridized carbons (Fsp3) is 0.429. The Bertz CT molecular complexity index is 729. The molecule has 0 radical (unpaired) electrons. The number of rotatable bonds is 3. The van der Waals surface area contributed by atoms with Crippen LogP contribution in [0.1, 0.15) is 5.82 Å². The molecule has 2 aromatic rings. The molecule has 1 aliphatic rings. The van der Waals surface area contributed by atoms with Gasteiger partial charge in [0.05, 0.1) is 0 Å². The van der Waals surface area contributed by atoms with Crippen LogP contribution in [0, 0.1) is 6.92 Å². The van der Waals surface area contributed by atoms with Crippen molar-refractivity contribution in [1.29, 1.82) is 0 Å². The lowest BCUT2D eigenvalue weighted by Crippen LogP contribution is -2.49. The first-order valence-corrected chi connectivity index (χ1v) is 8.58. The van der Waals surface area contributed by atoms with E-state index in [0.29, 0.717) is 32.0 Å². The first kappa shape index (κ1) is 15.0. The molecule has 3 heterocycles. The van der Waals surface area contributed by atoms with E-state index < -0.39 is 10.0 Å². The van der Waals surface area contributed by atoms with E-state index in [0.717, 1.165) is 5.82 Å². The molecule has 118 valence electrons. The SMILES string of the molecule is Cc1nc(S(=O)(=O)N2CCN(c3ccccn3)CC2)cn1C. The number of aromatic nitrogens is 3. The summed E-state index contributed by atoms with van der Waals surface area (Å²) in [7, 11) is -1.72. The molecular weight excluding hydrogens is 302 g/mol. The van der Waals surface area contributed by atoms with Crippen LogP contribution >= 0.6 is 0 Å². The van der Waals surface area contributed by atoms with Gasteiger partial charge in [0.2, 0.25) is 0 Å². The summed E-state index contributed by atoms with van der Waals surface area (Å²) >= 11 is 0. The Kier molecular flexibility index (Phi) is 3.88. The molecule has 2 aromatic heterocycles. The third kappa shape index (κ3) is 2.71. The standard InChI is InChI=1S/C14H19N5O2S/c1-12-16-14(11-17(12)2)22(20,21)19-9-7-18(8-10-19)13-5-3-4-6-15-13/h3-6,11H,7-10H2,1-2H3. The molecule has 0 unspecified atom stereocenters. The van der Waals surface area contributed by atoms with Crippen molar-refractivity contribution in [3.05, 3.63) is 36.4 Å². The number of anilines is 1. The largest absolute Gasteiger partial charge is 0.354 e. The third-order valence-corrected chi connectivity index (χ3v) is 5.67. The lowest BCUT2D eigenvalue weighted by Gasteiger charge is -2.34. The van der Waals surface area contributed by atoms with Gasteiger partial charge in [-0.15, -0.1) is 0 Å². The number of aryl methyl sites for hydroxylation is 2. The molecule has 1 fully saturated rings. The van der Waals surface area contributed by atoms with E-state index in [2.05, 4.69) is 14.9 Å². The van der Waals surface area contributed by atoms with Crippen LogP contribution in [0.5, 0.6) is 0 Å². The number of hydrogen-bond donors (Lipinski definition) is 0. The van der Waals surface area contributed by atoms with Gasteiger partial charge >= 0.3 is 0 Å². The molecule has 8 heteroatoms. The number of nitrogens with zero attached hydrogens (tertiary/aromatic N) is 5. The molecule has 0 spiro atoms. The molecule has 7 nitrogen and oxygen atoms in total. The summed E-state index contributed by atoms with van der Waals surface area (Å²) in [6.45, 7) is 3.92. The van der Waals surface area contributed by atoms with Crippen molar-refractivity contribution >= 4 is 15.8 Å². The van der Waals surface area contributed by atoms with Gasteiger partial charge in [0, 0.05) is 45.6 Å². The average Bonchev–Trinajstić information content (AvgIpc) is 2.88. The Morgan fingerprint density at radius 3 is 2.41 bits per heavy atom. The summed E-state index contributed by atoms with van der Waals surface area (Å²) in [5.74, 6) is 1.57. The first-order chi connectivity index (χ1) is 10.5. The minimum atomic E-state index is -3.52. The monoisotopic (exact) mass is 321 g/mol. The smallest absolute Gasteiger partial charge is 0.262 e. The van der Waals surface area contributed by atoms with Gasteiger partial charge < -0.3 is 9.47 Å². The second-order valence-electron chi connectivity index (χ2n) is 5.32. The fourth-order valence-corrected chi connectivity index (χ4v) is 3.93. The molecule has 0 amide bonds. The van der Waals surface area contributed by atoms with Crippen molar-refractivity contribution < 1.29 is 8.42 Å². The maximum Gasteiger partial charge on any atom is 0.262 e.